The van der Waals surface area contributed by atoms with E-state index in [4.69, 9.17) is 5.73 Å². The van der Waals surface area contributed by atoms with Crippen molar-refractivity contribution in [2.45, 2.75) is 38.8 Å². The van der Waals surface area contributed by atoms with Crippen molar-refractivity contribution >= 4 is 6.21 Å². The zero-order valence-electron chi connectivity index (χ0n) is 11.8. The van der Waals surface area contributed by atoms with Gasteiger partial charge in [-0.15, -0.1) is 0 Å². The number of allylic oxidation sites excluding steroid dienone is 2. The number of rotatable bonds is 1. The van der Waals surface area contributed by atoms with Gasteiger partial charge in [-0.25, -0.2) is 5.43 Å². The Bertz CT molecular complexity index is 510. The molecule has 3 aliphatic rings. The molecule has 0 saturated carbocycles. The number of hydrazine groups is 1. The molecule has 0 aromatic carbocycles. The van der Waals surface area contributed by atoms with Gasteiger partial charge < -0.3 is 11.2 Å². The zero-order valence-corrected chi connectivity index (χ0v) is 11.8. The van der Waals surface area contributed by atoms with Crippen molar-refractivity contribution in [2.24, 2.45) is 22.6 Å². The Balaban J connectivity index is 2.00. The van der Waals surface area contributed by atoms with Crippen molar-refractivity contribution < 1.29 is 0 Å². The third-order valence-corrected chi connectivity index (χ3v) is 4.55. The second-order valence-corrected chi connectivity index (χ2v) is 6.11. The van der Waals surface area contributed by atoms with Crippen LogP contribution in [0.5, 0.6) is 0 Å². The Hall–Kier alpha value is -1.39. The molecule has 19 heavy (non-hydrogen) atoms. The predicted octanol–water partition coefficient (Wildman–Crippen LogP) is 1.63. The van der Waals surface area contributed by atoms with E-state index < -0.39 is 0 Å². The third kappa shape index (κ3) is 1.95. The first-order valence-corrected chi connectivity index (χ1v) is 6.95. The maximum Gasteiger partial charge on any atom is 0.0499 e. The summed E-state index contributed by atoms with van der Waals surface area (Å²) in [6.07, 6.45) is 9.19. The molecule has 0 spiro atoms. The molecule has 3 rings (SSSR count). The lowest BCUT2D eigenvalue weighted by Crippen LogP contribution is -2.50. The Morgan fingerprint density at radius 2 is 2.11 bits per heavy atom. The Morgan fingerprint density at radius 3 is 2.79 bits per heavy atom. The van der Waals surface area contributed by atoms with E-state index >= 15 is 0 Å². The van der Waals surface area contributed by atoms with Crippen LogP contribution in [0, 0.1) is 11.8 Å². The molecule has 2 unspecified atom stereocenters. The number of aliphatic imine (C=N–C) groups is 1. The fourth-order valence-electron chi connectivity index (χ4n) is 3.51. The van der Waals surface area contributed by atoms with Crippen molar-refractivity contribution in [3.63, 3.8) is 0 Å². The Morgan fingerprint density at radius 1 is 1.32 bits per heavy atom. The standard InChI is InChI=1S/C15H22N4/c1-9-11(12-8-18-19-10(12)2)4-5-13-14(9)15(3,16)6-7-17-13/h4-5,7-10,14,18-19H,6,16H2,1-3H3/t9-,10?,14?,15+/m1/s1. The van der Waals surface area contributed by atoms with E-state index in [0.29, 0.717) is 17.9 Å². The van der Waals surface area contributed by atoms with E-state index in [0.717, 1.165) is 12.1 Å². The molecule has 0 fully saturated rings. The van der Waals surface area contributed by atoms with Gasteiger partial charge >= 0.3 is 0 Å². The normalized spacial score (nSPS) is 41.1. The minimum Gasteiger partial charge on any atom is -0.328 e. The topological polar surface area (TPSA) is 62.4 Å². The molecule has 0 aromatic heterocycles. The molecular formula is C15H22N4. The number of nitrogens with two attached hydrogens (primary N) is 1. The van der Waals surface area contributed by atoms with Gasteiger partial charge in [0.2, 0.25) is 0 Å². The molecular weight excluding hydrogens is 236 g/mol. The maximum atomic E-state index is 6.51. The monoisotopic (exact) mass is 258 g/mol. The molecule has 2 heterocycles. The van der Waals surface area contributed by atoms with Gasteiger partial charge in [0.1, 0.15) is 0 Å². The van der Waals surface area contributed by atoms with Crippen molar-refractivity contribution in [3.8, 4) is 0 Å². The molecule has 2 aliphatic heterocycles. The summed E-state index contributed by atoms with van der Waals surface area (Å²) in [5, 5.41) is 0. The maximum absolute atomic E-state index is 6.51. The van der Waals surface area contributed by atoms with Crippen LogP contribution in [0.1, 0.15) is 27.2 Å². The van der Waals surface area contributed by atoms with Crippen LogP contribution in [0.2, 0.25) is 0 Å². The van der Waals surface area contributed by atoms with Crippen LogP contribution in [0.15, 0.2) is 40.2 Å². The molecule has 1 aliphatic carbocycles. The summed E-state index contributed by atoms with van der Waals surface area (Å²) in [5.41, 5.74) is 16.4. The van der Waals surface area contributed by atoms with Crippen LogP contribution in [0.4, 0.5) is 0 Å². The Kier molecular flexibility index (Phi) is 2.87. The molecule has 0 aromatic rings. The van der Waals surface area contributed by atoms with Gasteiger partial charge in [0.05, 0.1) is 0 Å². The van der Waals surface area contributed by atoms with Crippen molar-refractivity contribution in [1.82, 2.24) is 10.9 Å². The predicted molar refractivity (Wildman–Crippen MR) is 78.3 cm³/mol. The quantitative estimate of drug-likeness (QED) is 0.670. The van der Waals surface area contributed by atoms with E-state index in [9.17, 15) is 0 Å². The fourth-order valence-corrected chi connectivity index (χ4v) is 3.51. The van der Waals surface area contributed by atoms with Crippen LogP contribution in [0.3, 0.4) is 0 Å². The average Bonchev–Trinajstić information content (AvgIpc) is 2.75. The van der Waals surface area contributed by atoms with Gasteiger partial charge in [-0.1, -0.05) is 13.0 Å². The highest BCUT2D eigenvalue weighted by molar-refractivity contribution is 5.64. The van der Waals surface area contributed by atoms with Crippen LogP contribution in [-0.4, -0.2) is 17.8 Å². The van der Waals surface area contributed by atoms with Gasteiger partial charge in [-0.2, -0.15) is 0 Å². The lowest BCUT2D eigenvalue weighted by Gasteiger charge is -2.43. The third-order valence-electron chi connectivity index (χ3n) is 4.55. The van der Waals surface area contributed by atoms with Gasteiger partial charge in [0.15, 0.2) is 0 Å². The largest absolute Gasteiger partial charge is 0.328 e. The van der Waals surface area contributed by atoms with E-state index in [1.165, 1.54) is 11.1 Å². The minimum atomic E-state index is -0.213. The fraction of sp³-hybridized carbons (Fsp3) is 0.533. The molecule has 0 amide bonds. The first kappa shape index (κ1) is 12.6. The van der Waals surface area contributed by atoms with Gasteiger partial charge in [0.25, 0.3) is 0 Å². The second kappa shape index (κ2) is 4.32. The van der Waals surface area contributed by atoms with Crippen LogP contribution >= 0.6 is 0 Å². The number of hydrogen-bond donors (Lipinski definition) is 3. The van der Waals surface area contributed by atoms with Crippen molar-refractivity contribution in [2.75, 3.05) is 0 Å². The molecule has 0 bridgehead atoms. The van der Waals surface area contributed by atoms with Crippen molar-refractivity contribution in [1.29, 1.82) is 0 Å². The highest BCUT2D eigenvalue weighted by Crippen LogP contribution is 2.43. The summed E-state index contributed by atoms with van der Waals surface area (Å²) in [7, 11) is 0. The van der Waals surface area contributed by atoms with Crippen LogP contribution in [0.25, 0.3) is 0 Å². The van der Waals surface area contributed by atoms with Crippen LogP contribution < -0.4 is 16.6 Å². The highest BCUT2D eigenvalue weighted by atomic mass is 15.4. The van der Waals surface area contributed by atoms with E-state index in [1.54, 1.807) is 0 Å². The summed E-state index contributed by atoms with van der Waals surface area (Å²) in [6.45, 7) is 6.57. The Labute approximate surface area is 114 Å². The summed E-state index contributed by atoms with van der Waals surface area (Å²) < 4.78 is 0. The average molecular weight is 258 g/mol. The first-order valence-electron chi connectivity index (χ1n) is 6.95. The molecule has 4 N–H and O–H groups in total. The molecule has 0 saturated heterocycles. The lowest BCUT2D eigenvalue weighted by molar-refractivity contribution is 0.272. The summed E-state index contributed by atoms with van der Waals surface area (Å²) in [4.78, 5) is 4.54. The van der Waals surface area contributed by atoms with E-state index in [2.05, 4.69) is 55.0 Å². The van der Waals surface area contributed by atoms with Crippen molar-refractivity contribution in [3.05, 3.63) is 35.2 Å². The molecule has 4 atom stereocenters. The second-order valence-electron chi connectivity index (χ2n) is 6.11. The first-order chi connectivity index (χ1) is 9.00. The lowest BCUT2D eigenvalue weighted by atomic mass is 9.67. The number of nitrogens with zero attached hydrogens (tertiary/aromatic N) is 1. The number of fused-ring (bicyclic) bond motifs is 1. The molecule has 4 nitrogen and oxygen atoms in total. The zero-order chi connectivity index (χ0) is 13.6. The molecule has 4 heteroatoms. The summed E-state index contributed by atoms with van der Waals surface area (Å²) in [6, 6.07) is 0.333. The van der Waals surface area contributed by atoms with Gasteiger partial charge in [-0.05, 0) is 37.0 Å². The molecule has 0 radical (unpaired) electrons. The summed E-state index contributed by atoms with van der Waals surface area (Å²) >= 11 is 0. The smallest absolute Gasteiger partial charge is 0.0499 e. The highest BCUT2D eigenvalue weighted by Gasteiger charge is 2.42. The number of nitrogens with one attached hydrogen (secondary N) is 2. The van der Waals surface area contributed by atoms with Gasteiger partial charge in [-0.3, -0.25) is 4.99 Å². The minimum absolute atomic E-state index is 0.213. The van der Waals surface area contributed by atoms with Gasteiger partial charge in [0, 0.05) is 42.0 Å². The van der Waals surface area contributed by atoms with E-state index in [1.807, 2.05) is 6.21 Å². The number of hydrogen-bond acceptors (Lipinski definition) is 4. The van der Waals surface area contributed by atoms with E-state index in [-0.39, 0.29) is 5.54 Å². The summed E-state index contributed by atoms with van der Waals surface area (Å²) in [5.74, 6) is 0.689. The SMILES string of the molecule is CC1NNC=C1C1=CC=C2N=CC[C@](C)(N)C2[C@@H]1C. The van der Waals surface area contributed by atoms with Crippen LogP contribution in [-0.2, 0) is 0 Å². The molecule has 102 valence electrons.